The monoisotopic (exact) mass is 839 g/mol. The number of carbonyl (C=O) groups is 9. The molecule has 0 radical (unpaired) electrons. The first kappa shape index (κ1) is 52.2. The number of hydrogen-bond donors (Lipinski definition) is 6. The molecule has 0 bridgehead atoms. The lowest BCUT2D eigenvalue weighted by Crippen LogP contribution is -2.51. The molecule has 59 heavy (non-hydrogen) atoms. The zero-order chi connectivity index (χ0) is 43.7. The van der Waals surface area contributed by atoms with Crippen LogP contribution in [0.3, 0.4) is 0 Å². The van der Waals surface area contributed by atoms with Crippen molar-refractivity contribution in [1.82, 2.24) is 41.7 Å². The quantitative estimate of drug-likeness (QED) is 0.0385. The molecule has 1 fully saturated rings. The summed E-state index contributed by atoms with van der Waals surface area (Å²) in [6.45, 7) is 4.97. The Hall–Kier alpha value is -4.81. The molecule has 1 atom stereocenters. The van der Waals surface area contributed by atoms with E-state index in [1.54, 1.807) is 4.90 Å². The van der Waals surface area contributed by atoms with Gasteiger partial charge in [-0.1, -0.05) is 85.0 Å². The van der Waals surface area contributed by atoms with E-state index in [4.69, 9.17) is 9.47 Å². The van der Waals surface area contributed by atoms with Crippen molar-refractivity contribution >= 4 is 53.2 Å². The SMILES string of the molecule is CCCCCCCOC(=O)CNC(=O)CNC(=O)CNC(=O)[C@@H]1CCCN1C(=O)CNC(=O)CNC(=O)CNC(=O)COCC(=O)N(CCCCCC)CCCCCC. The summed E-state index contributed by atoms with van der Waals surface area (Å²) >= 11 is 0. The highest BCUT2D eigenvalue weighted by atomic mass is 16.5. The van der Waals surface area contributed by atoms with Crippen molar-refractivity contribution < 1.29 is 52.6 Å². The van der Waals surface area contributed by atoms with Crippen LogP contribution in [-0.4, -0.2) is 148 Å². The van der Waals surface area contributed by atoms with Crippen molar-refractivity contribution in [1.29, 1.82) is 0 Å². The van der Waals surface area contributed by atoms with Gasteiger partial charge in [0.25, 0.3) is 0 Å². The Bertz CT molecular complexity index is 1320. The third-order valence-electron chi connectivity index (χ3n) is 9.39. The van der Waals surface area contributed by atoms with Crippen molar-refractivity contribution in [2.24, 2.45) is 0 Å². The molecule has 336 valence electrons. The Labute approximate surface area is 348 Å². The smallest absolute Gasteiger partial charge is 0.325 e. The second-order valence-electron chi connectivity index (χ2n) is 14.5. The number of unbranched alkanes of at least 4 members (excludes halogenated alkanes) is 10. The molecule has 6 N–H and O–H groups in total. The number of esters is 1. The Morgan fingerprint density at radius 3 is 1.58 bits per heavy atom. The molecule has 0 saturated carbocycles. The van der Waals surface area contributed by atoms with Gasteiger partial charge in [0, 0.05) is 19.6 Å². The average Bonchev–Trinajstić information content (AvgIpc) is 3.73. The Morgan fingerprint density at radius 1 is 0.542 bits per heavy atom. The Kier molecular flexibility index (Phi) is 29.3. The molecule has 1 rings (SSSR count). The molecular formula is C40H70N8O11. The first-order valence-corrected chi connectivity index (χ1v) is 21.3. The molecule has 0 unspecified atom stereocenters. The minimum Gasteiger partial charge on any atom is -0.464 e. The molecule has 1 saturated heterocycles. The maximum absolute atomic E-state index is 12.8. The van der Waals surface area contributed by atoms with Crippen LogP contribution in [-0.2, 0) is 52.6 Å². The maximum atomic E-state index is 12.8. The van der Waals surface area contributed by atoms with Crippen molar-refractivity contribution in [3.05, 3.63) is 0 Å². The fraction of sp³-hybridized carbons (Fsp3) is 0.775. The minimum absolute atomic E-state index is 0.183. The molecular weight excluding hydrogens is 768 g/mol. The van der Waals surface area contributed by atoms with Gasteiger partial charge in [-0.3, -0.25) is 43.2 Å². The number of likely N-dealkylation sites (tertiary alicyclic amines) is 1. The van der Waals surface area contributed by atoms with Crippen LogP contribution in [0.4, 0.5) is 0 Å². The molecule has 0 aromatic heterocycles. The summed E-state index contributed by atoms with van der Waals surface area (Å²) in [6.07, 6.45) is 14.2. The zero-order valence-electron chi connectivity index (χ0n) is 35.6. The summed E-state index contributed by atoms with van der Waals surface area (Å²) in [6, 6.07) is -0.872. The van der Waals surface area contributed by atoms with Crippen molar-refractivity contribution in [2.75, 3.05) is 78.7 Å². The number of ether oxygens (including phenoxy) is 2. The predicted octanol–water partition coefficient (Wildman–Crippen LogP) is 0.194. The van der Waals surface area contributed by atoms with Crippen LogP contribution < -0.4 is 31.9 Å². The van der Waals surface area contributed by atoms with Gasteiger partial charge in [0.2, 0.25) is 47.3 Å². The van der Waals surface area contributed by atoms with Crippen LogP contribution in [0, 0.1) is 0 Å². The van der Waals surface area contributed by atoms with Crippen LogP contribution in [0.5, 0.6) is 0 Å². The molecule has 0 spiro atoms. The lowest BCUT2D eigenvalue weighted by Gasteiger charge is -2.24. The molecule has 8 amide bonds. The Balaban J connectivity index is 2.28. The summed E-state index contributed by atoms with van der Waals surface area (Å²) < 4.78 is 10.4. The normalized spacial score (nSPS) is 13.2. The average molecular weight is 839 g/mol. The second-order valence-corrected chi connectivity index (χ2v) is 14.5. The number of amides is 8. The van der Waals surface area contributed by atoms with Gasteiger partial charge in [-0.2, -0.15) is 0 Å². The van der Waals surface area contributed by atoms with Crippen LogP contribution in [0.1, 0.15) is 117 Å². The van der Waals surface area contributed by atoms with Gasteiger partial charge in [-0.15, -0.1) is 0 Å². The van der Waals surface area contributed by atoms with Gasteiger partial charge in [-0.05, 0) is 32.1 Å². The summed E-state index contributed by atoms with van der Waals surface area (Å²) in [5.41, 5.74) is 0. The van der Waals surface area contributed by atoms with Crippen molar-refractivity contribution in [3.8, 4) is 0 Å². The lowest BCUT2D eigenvalue weighted by atomic mass is 10.1. The van der Waals surface area contributed by atoms with E-state index in [2.05, 4.69) is 52.7 Å². The molecule has 19 heteroatoms. The largest absolute Gasteiger partial charge is 0.464 e. The van der Waals surface area contributed by atoms with E-state index in [9.17, 15) is 43.2 Å². The summed E-state index contributed by atoms with van der Waals surface area (Å²) in [5, 5.41) is 14.2. The first-order valence-electron chi connectivity index (χ1n) is 21.3. The fourth-order valence-electron chi connectivity index (χ4n) is 5.99. The number of hydrogen-bond acceptors (Lipinski definition) is 11. The predicted molar refractivity (Wildman–Crippen MR) is 218 cm³/mol. The highest BCUT2D eigenvalue weighted by molar-refractivity contribution is 5.94. The number of rotatable bonds is 33. The van der Waals surface area contributed by atoms with E-state index in [-0.39, 0.29) is 32.2 Å². The summed E-state index contributed by atoms with van der Waals surface area (Å²) in [5.74, 6) is -5.09. The van der Waals surface area contributed by atoms with E-state index in [1.165, 1.54) is 4.90 Å². The molecule has 0 aliphatic carbocycles. The number of carbonyl (C=O) groups excluding carboxylic acids is 9. The highest BCUT2D eigenvalue weighted by Gasteiger charge is 2.34. The first-order chi connectivity index (χ1) is 28.4. The molecule has 1 aliphatic heterocycles. The highest BCUT2D eigenvalue weighted by Crippen LogP contribution is 2.17. The molecule has 0 aromatic carbocycles. The molecule has 0 aromatic rings. The third-order valence-corrected chi connectivity index (χ3v) is 9.39. The van der Waals surface area contributed by atoms with Gasteiger partial charge in [-0.25, -0.2) is 0 Å². The van der Waals surface area contributed by atoms with E-state index < -0.39 is 92.7 Å². The summed E-state index contributed by atoms with van der Waals surface area (Å²) in [4.78, 5) is 114. The zero-order valence-corrected chi connectivity index (χ0v) is 35.6. The molecule has 1 heterocycles. The van der Waals surface area contributed by atoms with Gasteiger partial charge in [0.1, 0.15) is 25.8 Å². The van der Waals surface area contributed by atoms with Gasteiger partial charge in [0.05, 0.1) is 39.3 Å². The lowest BCUT2D eigenvalue weighted by molar-refractivity contribution is -0.144. The van der Waals surface area contributed by atoms with Crippen molar-refractivity contribution in [2.45, 2.75) is 123 Å². The van der Waals surface area contributed by atoms with Gasteiger partial charge < -0.3 is 51.2 Å². The second kappa shape index (κ2) is 33.1. The minimum atomic E-state index is -0.872. The van der Waals surface area contributed by atoms with Crippen LogP contribution in [0.2, 0.25) is 0 Å². The van der Waals surface area contributed by atoms with E-state index >= 15 is 0 Å². The molecule has 1 aliphatic rings. The van der Waals surface area contributed by atoms with Crippen LogP contribution in [0.15, 0.2) is 0 Å². The van der Waals surface area contributed by atoms with Crippen LogP contribution >= 0.6 is 0 Å². The Morgan fingerprint density at radius 2 is 1.02 bits per heavy atom. The van der Waals surface area contributed by atoms with Gasteiger partial charge in [0.15, 0.2) is 0 Å². The number of nitrogens with one attached hydrogen (secondary N) is 6. The van der Waals surface area contributed by atoms with Gasteiger partial charge >= 0.3 is 5.97 Å². The third kappa shape index (κ3) is 26.0. The standard InChI is InChI=1S/C40H70N8O11/c1-4-7-10-13-16-22-59-39(56)28-45-34(51)24-42-35(52)26-46-40(57)31-18-17-21-48(31)37(54)27-44-33(50)23-41-32(49)25-43-36(53)29-58-30-38(55)47(19-14-11-8-5-2)20-15-12-9-6-3/h31H,4-30H2,1-3H3,(H,41,49)(H,42,52)(H,43,53)(H,44,50)(H,45,51)(H,46,57)/t31-/m0/s1. The fourth-order valence-corrected chi connectivity index (χ4v) is 5.99. The van der Waals surface area contributed by atoms with Crippen LogP contribution in [0.25, 0.3) is 0 Å². The summed E-state index contributed by atoms with van der Waals surface area (Å²) in [7, 11) is 0. The van der Waals surface area contributed by atoms with E-state index in [0.29, 0.717) is 25.9 Å². The van der Waals surface area contributed by atoms with E-state index in [1.807, 2.05) is 0 Å². The number of nitrogens with zero attached hydrogens (tertiary/aromatic N) is 2. The van der Waals surface area contributed by atoms with Crippen molar-refractivity contribution in [3.63, 3.8) is 0 Å². The maximum Gasteiger partial charge on any atom is 0.325 e. The molecule has 19 nitrogen and oxygen atoms in total. The topological polar surface area (TPSA) is 251 Å². The van der Waals surface area contributed by atoms with E-state index in [0.717, 1.165) is 83.5 Å².